The van der Waals surface area contributed by atoms with Gasteiger partial charge in [0.25, 0.3) is 21.4 Å². The number of fused-ring (bicyclic) bond motifs is 1. The molecule has 35 heavy (non-hydrogen) atoms. The maximum absolute atomic E-state index is 13.2. The molecule has 1 saturated heterocycles. The molecule has 0 bridgehead atoms. The number of hydrogen-bond acceptors (Lipinski definition) is 11. The first-order valence-electron chi connectivity index (χ1n) is 10.2. The lowest BCUT2D eigenvalue weighted by atomic mass is 10.1. The van der Waals surface area contributed by atoms with E-state index >= 15 is 0 Å². The highest BCUT2D eigenvalue weighted by Gasteiger charge is 2.46. The number of sulfonamides is 1. The van der Waals surface area contributed by atoms with E-state index in [1.54, 1.807) is 0 Å². The number of rotatable bonds is 7. The van der Waals surface area contributed by atoms with Crippen molar-refractivity contribution in [2.45, 2.75) is 36.7 Å². The first kappa shape index (κ1) is 24.5. The number of aliphatic hydroxyl groups is 1. The highest BCUT2D eigenvalue weighted by molar-refractivity contribution is 7.89. The van der Waals surface area contributed by atoms with Gasteiger partial charge in [-0.1, -0.05) is 12.1 Å². The van der Waals surface area contributed by atoms with Gasteiger partial charge in [0.05, 0.1) is 22.6 Å². The van der Waals surface area contributed by atoms with Crippen LogP contribution in [0.15, 0.2) is 41.3 Å². The van der Waals surface area contributed by atoms with Crippen LogP contribution in [0.5, 0.6) is 5.75 Å². The van der Waals surface area contributed by atoms with Gasteiger partial charge < -0.3 is 19.3 Å². The Labute approximate surface area is 198 Å². The minimum Gasteiger partial charge on any atom is -0.467 e. The zero-order valence-electron chi connectivity index (χ0n) is 17.9. The van der Waals surface area contributed by atoms with Crippen molar-refractivity contribution < 1.29 is 42.4 Å². The molecule has 2 heterocycles. The van der Waals surface area contributed by atoms with Crippen LogP contribution >= 0.6 is 0 Å². The second-order valence-corrected chi connectivity index (χ2v) is 9.63. The van der Waals surface area contributed by atoms with Crippen molar-refractivity contribution in [3.63, 3.8) is 0 Å². The summed E-state index contributed by atoms with van der Waals surface area (Å²) in [7, 11) is -4.56. The maximum atomic E-state index is 13.2. The van der Waals surface area contributed by atoms with Crippen molar-refractivity contribution in [3.8, 4) is 5.75 Å². The van der Waals surface area contributed by atoms with E-state index in [2.05, 4.69) is 0 Å². The summed E-state index contributed by atoms with van der Waals surface area (Å²) in [4.78, 5) is 33.4. The van der Waals surface area contributed by atoms with Gasteiger partial charge in [-0.2, -0.15) is 4.31 Å². The molecule has 186 valence electrons. The standard InChI is InChI=1S/C20H19N3O11S/c24-15-7-17(21(8-15)35(30,31)18-4-2-1-3-16(18)23(28)29)20(25)33-10-13-6-14(22(26)27)5-12-9-32-11-34-19(12)13/h1-6,15,17,24H,7-11H2/t15-,17+/m1/s1. The van der Waals surface area contributed by atoms with Crippen molar-refractivity contribution in [1.29, 1.82) is 0 Å². The van der Waals surface area contributed by atoms with Gasteiger partial charge in [-0.3, -0.25) is 25.0 Å². The van der Waals surface area contributed by atoms with E-state index in [1.807, 2.05) is 0 Å². The number of esters is 1. The molecule has 2 atom stereocenters. The number of aliphatic hydroxyl groups excluding tert-OH is 1. The van der Waals surface area contributed by atoms with Crippen molar-refractivity contribution in [2.75, 3.05) is 13.3 Å². The minimum absolute atomic E-state index is 0.0503. The van der Waals surface area contributed by atoms with Crippen LogP contribution in [0.25, 0.3) is 0 Å². The van der Waals surface area contributed by atoms with Crippen molar-refractivity contribution in [2.24, 2.45) is 0 Å². The molecule has 0 spiro atoms. The smallest absolute Gasteiger partial charge is 0.324 e. The van der Waals surface area contributed by atoms with E-state index in [1.165, 1.54) is 24.3 Å². The molecule has 0 unspecified atom stereocenters. The number of nitro benzene ring substituents is 2. The summed E-state index contributed by atoms with van der Waals surface area (Å²) in [6.07, 6.45) is -1.51. The number of carbonyl (C=O) groups excluding carboxylic acids is 1. The summed E-state index contributed by atoms with van der Waals surface area (Å²) in [6, 6.07) is 5.63. The molecule has 0 aromatic heterocycles. The normalized spacial score (nSPS) is 20.0. The third-order valence-electron chi connectivity index (χ3n) is 5.51. The van der Waals surface area contributed by atoms with Gasteiger partial charge in [-0.25, -0.2) is 8.42 Å². The van der Waals surface area contributed by atoms with Gasteiger partial charge in [-0.05, 0) is 6.07 Å². The van der Waals surface area contributed by atoms with E-state index in [4.69, 9.17) is 14.2 Å². The minimum atomic E-state index is -4.56. The second kappa shape index (κ2) is 9.53. The van der Waals surface area contributed by atoms with E-state index < -0.39 is 61.7 Å². The number of para-hydroxylation sites is 1. The molecule has 0 radical (unpaired) electrons. The van der Waals surface area contributed by atoms with E-state index in [0.717, 1.165) is 12.1 Å². The van der Waals surface area contributed by atoms with E-state index in [0.29, 0.717) is 9.87 Å². The van der Waals surface area contributed by atoms with Crippen molar-refractivity contribution in [1.82, 2.24) is 4.31 Å². The van der Waals surface area contributed by atoms with Crippen molar-refractivity contribution >= 4 is 27.4 Å². The Hall–Kier alpha value is -3.66. The first-order valence-corrected chi connectivity index (χ1v) is 11.6. The van der Waals surface area contributed by atoms with Gasteiger partial charge in [0, 0.05) is 42.3 Å². The second-order valence-electron chi connectivity index (χ2n) is 7.77. The molecule has 0 saturated carbocycles. The number of β-amino-alcohol motifs (C(OH)–C–C–N with tert-alkyl or cyclic N) is 1. The fourth-order valence-electron chi connectivity index (χ4n) is 3.96. The molecule has 0 amide bonds. The number of non-ortho nitro benzene ring substituents is 1. The molecule has 1 fully saturated rings. The van der Waals surface area contributed by atoms with Crippen LogP contribution in [0, 0.1) is 20.2 Å². The predicted octanol–water partition coefficient (Wildman–Crippen LogP) is 1.24. The first-order chi connectivity index (χ1) is 16.6. The molecule has 0 aliphatic carbocycles. The molecule has 2 aliphatic heterocycles. The highest BCUT2D eigenvalue weighted by atomic mass is 32.2. The topological polar surface area (TPSA) is 189 Å². The van der Waals surface area contributed by atoms with Crippen LogP contribution in [0.3, 0.4) is 0 Å². The Kier molecular flexibility index (Phi) is 6.66. The predicted molar refractivity (Wildman–Crippen MR) is 115 cm³/mol. The Morgan fingerprint density at radius 2 is 1.94 bits per heavy atom. The Morgan fingerprint density at radius 1 is 1.20 bits per heavy atom. The Morgan fingerprint density at radius 3 is 2.66 bits per heavy atom. The van der Waals surface area contributed by atoms with Gasteiger partial charge in [0.2, 0.25) is 0 Å². The molecule has 2 aromatic carbocycles. The quantitative estimate of drug-likeness (QED) is 0.321. The summed E-state index contributed by atoms with van der Waals surface area (Å²) >= 11 is 0. The summed E-state index contributed by atoms with van der Waals surface area (Å²) in [5, 5.41) is 32.7. The van der Waals surface area contributed by atoms with Crippen LogP contribution in [0.1, 0.15) is 17.5 Å². The molecule has 15 heteroatoms. The zero-order valence-corrected chi connectivity index (χ0v) is 18.8. The largest absolute Gasteiger partial charge is 0.467 e. The zero-order chi connectivity index (χ0) is 25.3. The number of carbonyl (C=O) groups is 1. The summed E-state index contributed by atoms with van der Waals surface area (Å²) in [5.74, 6) is -0.776. The summed E-state index contributed by atoms with van der Waals surface area (Å²) in [5.41, 5.74) is -0.393. The van der Waals surface area contributed by atoms with Gasteiger partial charge >= 0.3 is 5.97 Å². The molecular weight excluding hydrogens is 490 g/mol. The van der Waals surface area contributed by atoms with Gasteiger partial charge in [0.1, 0.15) is 18.4 Å². The monoisotopic (exact) mass is 509 g/mol. The highest BCUT2D eigenvalue weighted by Crippen LogP contribution is 2.35. The molecule has 1 N–H and O–H groups in total. The maximum Gasteiger partial charge on any atom is 0.324 e. The molecular formula is C20H19N3O11S. The summed E-state index contributed by atoms with van der Waals surface area (Å²) in [6.45, 7) is -1.01. The SMILES string of the molecule is O=C(OCc1cc([N+](=O)[O-])cc2c1OCOC2)[C@@H]1C[C@@H](O)CN1S(=O)(=O)c1ccccc1[N+](=O)[O-]. The third-order valence-corrected chi connectivity index (χ3v) is 7.43. The molecule has 2 aliphatic rings. The Bertz CT molecular complexity index is 1300. The lowest BCUT2D eigenvalue weighted by Crippen LogP contribution is -2.41. The van der Waals surface area contributed by atoms with Crippen LogP contribution < -0.4 is 4.74 Å². The molecule has 14 nitrogen and oxygen atoms in total. The van der Waals surface area contributed by atoms with Crippen LogP contribution in [0.4, 0.5) is 11.4 Å². The number of benzene rings is 2. The average molecular weight is 509 g/mol. The Balaban J connectivity index is 1.59. The van der Waals surface area contributed by atoms with Crippen molar-refractivity contribution in [3.05, 3.63) is 67.8 Å². The van der Waals surface area contributed by atoms with Gasteiger partial charge in [-0.15, -0.1) is 0 Å². The number of ether oxygens (including phenoxy) is 3. The molecule has 2 aromatic rings. The fourth-order valence-corrected chi connectivity index (χ4v) is 5.74. The van der Waals surface area contributed by atoms with Crippen LogP contribution in [-0.2, 0) is 37.5 Å². The molecule has 4 rings (SSSR count). The lowest BCUT2D eigenvalue weighted by Gasteiger charge is -2.23. The third kappa shape index (κ3) is 4.79. The van der Waals surface area contributed by atoms with E-state index in [9.17, 15) is 38.5 Å². The lowest BCUT2D eigenvalue weighted by molar-refractivity contribution is -0.387. The van der Waals surface area contributed by atoms with E-state index in [-0.39, 0.29) is 36.8 Å². The van der Waals surface area contributed by atoms with Crippen LogP contribution in [-0.4, -0.2) is 59.1 Å². The average Bonchev–Trinajstić information content (AvgIpc) is 3.24. The van der Waals surface area contributed by atoms with Gasteiger partial charge in [0.15, 0.2) is 11.7 Å². The van der Waals surface area contributed by atoms with Crippen LogP contribution in [0.2, 0.25) is 0 Å². The summed E-state index contributed by atoms with van der Waals surface area (Å²) < 4.78 is 42.8. The number of hydrogen-bond donors (Lipinski definition) is 1. The number of nitro groups is 2. The fraction of sp³-hybridized carbons (Fsp3) is 0.350. The number of nitrogens with zero attached hydrogens (tertiary/aromatic N) is 3.